The first-order chi connectivity index (χ1) is 8.02. The smallest absolute Gasteiger partial charge is 0.321 e. The molecular weight excluding hydrogens is 244 g/mol. The Labute approximate surface area is 104 Å². The van der Waals surface area contributed by atoms with Crippen molar-refractivity contribution >= 4 is 23.5 Å². The minimum Gasteiger partial charge on any atom is -0.481 e. The van der Waals surface area contributed by atoms with Gasteiger partial charge in [0.05, 0.1) is 0 Å². The van der Waals surface area contributed by atoms with Gasteiger partial charge in [-0.2, -0.15) is 0 Å². The highest BCUT2D eigenvalue weighted by atomic mass is 35.5. The van der Waals surface area contributed by atoms with Gasteiger partial charge in [0.25, 0.3) is 5.91 Å². The summed E-state index contributed by atoms with van der Waals surface area (Å²) < 4.78 is 5.33. The largest absolute Gasteiger partial charge is 0.481 e. The Balaban J connectivity index is 2.57. The van der Waals surface area contributed by atoms with Crippen molar-refractivity contribution in [3.05, 3.63) is 29.3 Å². The van der Waals surface area contributed by atoms with Crippen LogP contribution in [0, 0.1) is 0 Å². The van der Waals surface area contributed by atoms with E-state index in [-0.39, 0.29) is 0 Å². The molecule has 0 saturated heterocycles. The lowest BCUT2D eigenvalue weighted by Crippen LogP contribution is -2.43. The SMILES string of the molecule is CNC(=O)NC(=O)[C@H](C)Oc1cccc(Cl)c1. The van der Waals surface area contributed by atoms with Crippen molar-refractivity contribution in [3.63, 3.8) is 0 Å². The van der Waals surface area contributed by atoms with E-state index < -0.39 is 18.0 Å². The molecule has 0 aliphatic heterocycles. The Hall–Kier alpha value is -1.75. The third-order valence-corrected chi connectivity index (χ3v) is 2.18. The summed E-state index contributed by atoms with van der Waals surface area (Å²) in [6.07, 6.45) is -0.786. The number of amides is 3. The molecule has 6 heteroatoms. The van der Waals surface area contributed by atoms with Crippen LogP contribution in [0.25, 0.3) is 0 Å². The van der Waals surface area contributed by atoms with Gasteiger partial charge in [0, 0.05) is 12.1 Å². The van der Waals surface area contributed by atoms with E-state index in [1.165, 1.54) is 7.05 Å². The Morgan fingerprint density at radius 3 is 2.71 bits per heavy atom. The van der Waals surface area contributed by atoms with Crippen LogP contribution >= 0.6 is 11.6 Å². The molecule has 0 bridgehead atoms. The number of benzene rings is 1. The third kappa shape index (κ3) is 4.32. The molecule has 1 atom stereocenters. The fourth-order valence-electron chi connectivity index (χ4n) is 1.07. The molecule has 0 aliphatic rings. The van der Waals surface area contributed by atoms with Crippen LogP contribution < -0.4 is 15.4 Å². The molecule has 0 fully saturated rings. The van der Waals surface area contributed by atoms with Crippen LogP contribution in [-0.2, 0) is 4.79 Å². The number of halogens is 1. The quantitative estimate of drug-likeness (QED) is 0.863. The highest BCUT2D eigenvalue weighted by Gasteiger charge is 2.16. The van der Waals surface area contributed by atoms with E-state index in [0.717, 1.165) is 0 Å². The van der Waals surface area contributed by atoms with Gasteiger partial charge >= 0.3 is 6.03 Å². The fraction of sp³-hybridized carbons (Fsp3) is 0.273. The van der Waals surface area contributed by atoms with Crippen molar-refractivity contribution in [2.24, 2.45) is 0 Å². The zero-order chi connectivity index (χ0) is 12.8. The highest BCUT2D eigenvalue weighted by molar-refractivity contribution is 6.30. The highest BCUT2D eigenvalue weighted by Crippen LogP contribution is 2.18. The van der Waals surface area contributed by atoms with Gasteiger partial charge < -0.3 is 10.1 Å². The first kappa shape index (κ1) is 13.3. The Bertz CT molecular complexity index is 423. The van der Waals surface area contributed by atoms with Gasteiger partial charge in [0.1, 0.15) is 5.75 Å². The predicted octanol–water partition coefficient (Wildman–Crippen LogP) is 1.56. The summed E-state index contributed by atoms with van der Waals surface area (Å²) in [5.74, 6) is -0.0543. The average Bonchev–Trinajstić information content (AvgIpc) is 2.28. The number of nitrogens with one attached hydrogen (secondary N) is 2. The van der Waals surface area contributed by atoms with Gasteiger partial charge in [-0.05, 0) is 25.1 Å². The average molecular weight is 257 g/mol. The first-order valence-electron chi connectivity index (χ1n) is 4.97. The molecule has 1 aromatic rings. The lowest BCUT2D eigenvalue weighted by atomic mass is 10.3. The molecule has 0 unspecified atom stereocenters. The maximum absolute atomic E-state index is 11.5. The molecule has 2 N–H and O–H groups in total. The monoisotopic (exact) mass is 256 g/mol. The lowest BCUT2D eigenvalue weighted by molar-refractivity contribution is -0.126. The van der Waals surface area contributed by atoms with Crippen LogP contribution in [0.3, 0.4) is 0 Å². The molecule has 0 radical (unpaired) electrons. The Morgan fingerprint density at radius 2 is 2.12 bits per heavy atom. The van der Waals surface area contributed by atoms with E-state index in [1.54, 1.807) is 31.2 Å². The molecule has 0 aromatic heterocycles. The van der Waals surface area contributed by atoms with Crippen LogP contribution in [0.2, 0.25) is 5.02 Å². The zero-order valence-corrected chi connectivity index (χ0v) is 10.2. The van der Waals surface area contributed by atoms with Crippen LogP contribution in [0.5, 0.6) is 5.75 Å². The van der Waals surface area contributed by atoms with Crippen molar-refractivity contribution in [1.29, 1.82) is 0 Å². The number of carbonyl (C=O) groups excluding carboxylic acids is 2. The number of ether oxygens (including phenoxy) is 1. The predicted molar refractivity (Wildman–Crippen MR) is 64.1 cm³/mol. The molecule has 5 nitrogen and oxygen atoms in total. The van der Waals surface area contributed by atoms with Gasteiger partial charge in [-0.25, -0.2) is 4.79 Å². The van der Waals surface area contributed by atoms with Gasteiger partial charge in [0.15, 0.2) is 6.10 Å². The van der Waals surface area contributed by atoms with E-state index in [0.29, 0.717) is 10.8 Å². The van der Waals surface area contributed by atoms with Gasteiger partial charge in [-0.1, -0.05) is 17.7 Å². The molecule has 1 aromatic carbocycles. The molecule has 92 valence electrons. The van der Waals surface area contributed by atoms with E-state index in [2.05, 4.69) is 10.6 Å². The van der Waals surface area contributed by atoms with Crippen LogP contribution in [0.15, 0.2) is 24.3 Å². The maximum atomic E-state index is 11.5. The second kappa shape index (κ2) is 6.10. The molecule has 1 rings (SSSR count). The van der Waals surface area contributed by atoms with E-state index in [1.807, 2.05) is 0 Å². The Kier molecular flexibility index (Phi) is 4.78. The standard InChI is InChI=1S/C11H13ClN2O3/c1-7(10(15)14-11(16)13-2)17-9-5-3-4-8(12)6-9/h3-7H,1-2H3,(H2,13,14,15,16)/t7-/m0/s1. The van der Waals surface area contributed by atoms with Gasteiger partial charge in [-0.3, -0.25) is 10.1 Å². The fourth-order valence-corrected chi connectivity index (χ4v) is 1.25. The number of urea groups is 1. The van der Waals surface area contributed by atoms with Gasteiger partial charge in [0.2, 0.25) is 0 Å². The summed E-state index contributed by atoms with van der Waals surface area (Å²) in [4.78, 5) is 22.4. The number of carbonyl (C=O) groups is 2. The summed E-state index contributed by atoms with van der Waals surface area (Å²) >= 11 is 5.77. The minimum atomic E-state index is -0.786. The zero-order valence-electron chi connectivity index (χ0n) is 9.49. The second-order valence-corrected chi connectivity index (χ2v) is 3.72. The second-order valence-electron chi connectivity index (χ2n) is 3.29. The molecule has 3 amide bonds. The molecular formula is C11H13ClN2O3. The number of imide groups is 1. The Morgan fingerprint density at radius 1 is 1.41 bits per heavy atom. The summed E-state index contributed by atoms with van der Waals surface area (Å²) in [5.41, 5.74) is 0. The van der Waals surface area contributed by atoms with Crippen molar-refractivity contribution in [1.82, 2.24) is 10.6 Å². The molecule has 0 spiro atoms. The van der Waals surface area contributed by atoms with Crippen molar-refractivity contribution in [3.8, 4) is 5.75 Å². The first-order valence-corrected chi connectivity index (χ1v) is 5.35. The number of hydrogen-bond donors (Lipinski definition) is 2. The summed E-state index contributed by atoms with van der Waals surface area (Å²) in [7, 11) is 1.42. The normalized spacial score (nSPS) is 11.5. The topological polar surface area (TPSA) is 67.4 Å². The summed E-state index contributed by atoms with van der Waals surface area (Å²) in [6.45, 7) is 1.54. The third-order valence-electron chi connectivity index (χ3n) is 1.94. The number of hydrogen-bond acceptors (Lipinski definition) is 3. The molecule has 0 aliphatic carbocycles. The van der Waals surface area contributed by atoms with Crippen molar-refractivity contribution in [2.45, 2.75) is 13.0 Å². The van der Waals surface area contributed by atoms with E-state index >= 15 is 0 Å². The minimum absolute atomic E-state index is 0.469. The van der Waals surface area contributed by atoms with Crippen LogP contribution in [-0.4, -0.2) is 25.1 Å². The van der Waals surface area contributed by atoms with Crippen LogP contribution in [0.1, 0.15) is 6.92 Å². The summed E-state index contributed by atoms with van der Waals surface area (Å²) in [6, 6.07) is 6.10. The number of rotatable bonds is 3. The van der Waals surface area contributed by atoms with E-state index in [9.17, 15) is 9.59 Å². The van der Waals surface area contributed by atoms with Crippen LogP contribution in [0.4, 0.5) is 4.79 Å². The van der Waals surface area contributed by atoms with Crippen molar-refractivity contribution < 1.29 is 14.3 Å². The molecule has 17 heavy (non-hydrogen) atoms. The van der Waals surface area contributed by atoms with E-state index in [4.69, 9.17) is 16.3 Å². The van der Waals surface area contributed by atoms with Gasteiger partial charge in [-0.15, -0.1) is 0 Å². The maximum Gasteiger partial charge on any atom is 0.321 e. The molecule has 0 heterocycles. The molecule has 0 saturated carbocycles. The lowest BCUT2D eigenvalue weighted by Gasteiger charge is -2.13. The van der Waals surface area contributed by atoms with Crippen molar-refractivity contribution in [2.75, 3.05) is 7.05 Å². The summed E-state index contributed by atoms with van der Waals surface area (Å²) in [5, 5.41) is 4.91.